The van der Waals surface area contributed by atoms with E-state index in [1.54, 1.807) is 6.92 Å². The molecule has 0 saturated heterocycles. The SMILES string of the molecule is CCCCNC(=O)[C@H](CC)N(Cc1ccc(F)cc1)C(=O)CN(c1cc([N+](=O)[O-])ccc1OC)S(C)(=O)=O. The summed E-state index contributed by atoms with van der Waals surface area (Å²) < 4.78 is 45.0. The number of hydrogen-bond donors (Lipinski definition) is 1. The van der Waals surface area contributed by atoms with Gasteiger partial charge in [-0.25, -0.2) is 12.8 Å². The Bertz CT molecular complexity index is 1240. The summed E-state index contributed by atoms with van der Waals surface area (Å²) in [5.41, 5.74) is -0.0649. The van der Waals surface area contributed by atoms with E-state index < -0.39 is 50.9 Å². The van der Waals surface area contributed by atoms with E-state index in [0.29, 0.717) is 16.4 Å². The fourth-order valence-electron chi connectivity index (χ4n) is 3.79. The summed E-state index contributed by atoms with van der Waals surface area (Å²) in [5, 5.41) is 14.1. The standard InChI is InChI=1S/C25H33FN4O7S/c1-5-7-14-27-25(32)21(6-2)28(16-18-8-10-19(26)11-9-18)24(31)17-29(38(4,35)36)22-15-20(30(33)34)12-13-23(22)37-3/h8-13,15,21H,5-7,14,16-17H2,1-4H3,(H,27,32)/t21-/m0/s1. The van der Waals surface area contributed by atoms with Gasteiger partial charge in [-0.15, -0.1) is 0 Å². The van der Waals surface area contributed by atoms with Crippen molar-refractivity contribution in [2.75, 3.05) is 30.8 Å². The maximum atomic E-state index is 13.7. The Hall–Kier alpha value is -3.74. The Labute approximate surface area is 221 Å². The van der Waals surface area contributed by atoms with Crippen LogP contribution in [0.4, 0.5) is 15.8 Å². The lowest BCUT2D eigenvalue weighted by Crippen LogP contribution is -2.52. The van der Waals surface area contributed by atoms with Crippen LogP contribution in [0.3, 0.4) is 0 Å². The molecule has 0 bridgehead atoms. The maximum absolute atomic E-state index is 13.7. The molecule has 0 aromatic heterocycles. The number of non-ortho nitro benzene ring substituents is 1. The first-order valence-corrected chi connectivity index (χ1v) is 13.9. The third kappa shape index (κ3) is 8.13. The number of hydrogen-bond acceptors (Lipinski definition) is 7. The van der Waals surface area contributed by atoms with E-state index in [9.17, 15) is 32.5 Å². The Kier molecular flexibility index (Phi) is 11.0. The highest BCUT2D eigenvalue weighted by atomic mass is 32.2. The van der Waals surface area contributed by atoms with Gasteiger partial charge in [-0.1, -0.05) is 32.4 Å². The number of carbonyl (C=O) groups excluding carboxylic acids is 2. The smallest absolute Gasteiger partial charge is 0.271 e. The summed E-state index contributed by atoms with van der Waals surface area (Å²) in [6.45, 7) is 3.24. The Morgan fingerprint density at radius 2 is 1.82 bits per heavy atom. The van der Waals surface area contributed by atoms with Gasteiger partial charge >= 0.3 is 0 Å². The number of sulfonamides is 1. The van der Waals surface area contributed by atoms with Gasteiger partial charge in [-0.3, -0.25) is 24.0 Å². The molecule has 0 fully saturated rings. The molecule has 0 spiro atoms. The van der Waals surface area contributed by atoms with Crippen molar-refractivity contribution < 1.29 is 32.1 Å². The Balaban J connectivity index is 2.52. The molecule has 13 heteroatoms. The van der Waals surface area contributed by atoms with E-state index in [0.717, 1.165) is 31.2 Å². The van der Waals surface area contributed by atoms with Gasteiger partial charge in [0, 0.05) is 25.2 Å². The summed E-state index contributed by atoms with van der Waals surface area (Å²) >= 11 is 0. The predicted molar refractivity (Wildman–Crippen MR) is 141 cm³/mol. The number of amides is 2. The van der Waals surface area contributed by atoms with Crippen LogP contribution in [0.1, 0.15) is 38.7 Å². The molecule has 1 atom stereocenters. The second-order valence-electron chi connectivity index (χ2n) is 8.60. The fraction of sp³-hybridized carbons (Fsp3) is 0.440. The van der Waals surface area contributed by atoms with Crippen molar-refractivity contribution in [2.24, 2.45) is 0 Å². The average molecular weight is 553 g/mol. The molecule has 2 aromatic carbocycles. The number of carbonyl (C=O) groups is 2. The number of rotatable bonds is 14. The first-order valence-electron chi connectivity index (χ1n) is 12.0. The lowest BCUT2D eigenvalue weighted by Gasteiger charge is -2.33. The van der Waals surface area contributed by atoms with Gasteiger partial charge < -0.3 is 15.0 Å². The fourth-order valence-corrected chi connectivity index (χ4v) is 4.64. The molecule has 0 aliphatic heterocycles. The number of nitro benzene ring substituents is 1. The van der Waals surface area contributed by atoms with Gasteiger partial charge in [0.1, 0.15) is 29.8 Å². The van der Waals surface area contributed by atoms with Gasteiger partial charge in [0.15, 0.2) is 0 Å². The lowest BCUT2D eigenvalue weighted by atomic mass is 10.1. The molecule has 1 N–H and O–H groups in total. The summed E-state index contributed by atoms with van der Waals surface area (Å²) in [6.07, 6.45) is 2.67. The largest absolute Gasteiger partial charge is 0.495 e. The number of nitrogens with zero attached hydrogens (tertiary/aromatic N) is 3. The van der Waals surface area contributed by atoms with E-state index in [1.807, 2.05) is 6.92 Å². The van der Waals surface area contributed by atoms with Crippen LogP contribution in [0.5, 0.6) is 5.75 Å². The summed E-state index contributed by atoms with van der Waals surface area (Å²) in [6, 6.07) is 7.82. The molecule has 0 heterocycles. The number of anilines is 1. The van der Waals surface area contributed by atoms with Gasteiger partial charge in [0.2, 0.25) is 21.8 Å². The second kappa shape index (κ2) is 13.7. The van der Waals surface area contributed by atoms with Crippen LogP contribution in [0.15, 0.2) is 42.5 Å². The highest BCUT2D eigenvalue weighted by molar-refractivity contribution is 7.92. The molecule has 0 aliphatic rings. The van der Waals surface area contributed by atoms with Crippen molar-refractivity contribution in [3.05, 3.63) is 64.0 Å². The van der Waals surface area contributed by atoms with Crippen LogP contribution >= 0.6 is 0 Å². The summed E-state index contributed by atoms with van der Waals surface area (Å²) in [5.74, 6) is -1.61. The van der Waals surface area contributed by atoms with Crippen LogP contribution in [-0.4, -0.2) is 62.6 Å². The molecule has 0 aliphatic carbocycles. The van der Waals surface area contributed by atoms with E-state index in [-0.39, 0.29) is 24.4 Å². The predicted octanol–water partition coefficient (Wildman–Crippen LogP) is 3.23. The highest BCUT2D eigenvalue weighted by Gasteiger charge is 2.33. The van der Waals surface area contributed by atoms with E-state index in [2.05, 4.69) is 5.32 Å². The minimum Gasteiger partial charge on any atom is -0.495 e. The minimum atomic E-state index is -4.14. The van der Waals surface area contributed by atoms with Crippen LogP contribution in [-0.2, 0) is 26.2 Å². The van der Waals surface area contributed by atoms with Crippen LogP contribution in [0.2, 0.25) is 0 Å². The number of nitro groups is 1. The van der Waals surface area contributed by atoms with E-state index >= 15 is 0 Å². The zero-order valence-electron chi connectivity index (χ0n) is 21.8. The average Bonchev–Trinajstić information content (AvgIpc) is 2.87. The molecule has 11 nitrogen and oxygen atoms in total. The second-order valence-corrected chi connectivity index (χ2v) is 10.5. The minimum absolute atomic E-state index is 0.00302. The zero-order valence-corrected chi connectivity index (χ0v) is 22.7. The highest BCUT2D eigenvalue weighted by Crippen LogP contribution is 2.34. The van der Waals surface area contributed by atoms with Crippen molar-refractivity contribution in [1.82, 2.24) is 10.2 Å². The zero-order chi connectivity index (χ0) is 28.5. The molecule has 2 rings (SSSR count). The van der Waals surface area contributed by atoms with E-state index in [4.69, 9.17) is 4.74 Å². The van der Waals surface area contributed by atoms with Crippen LogP contribution < -0.4 is 14.4 Å². The Morgan fingerprint density at radius 3 is 2.34 bits per heavy atom. The monoisotopic (exact) mass is 552 g/mol. The van der Waals surface area contributed by atoms with Crippen LogP contribution in [0.25, 0.3) is 0 Å². The number of methoxy groups -OCH3 is 1. The molecule has 38 heavy (non-hydrogen) atoms. The van der Waals surface area contributed by atoms with Crippen molar-refractivity contribution in [2.45, 2.75) is 45.7 Å². The summed E-state index contributed by atoms with van der Waals surface area (Å²) in [7, 11) is -2.87. The molecular formula is C25H33FN4O7S. The van der Waals surface area contributed by atoms with Crippen molar-refractivity contribution in [1.29, 1.82) is 0 Å². The van der Waals surface area contributed by atoms with Gasteiger partial charge in [0.05, 0.1) is 18.3 Å². The molecule has 208 valence electrons. The first kappa shape index (κ1) is 30.5. The lowest BCUT2D eigenvalue weighted by molar-refractivity contribution is -0.384. The van der Waals surface area contributed by atoms with Gasteiger partial charge in [0.25, 0.3) is 5.69 Å². The third-order valence-electron chi connectivity index (χ3n) is 5.80. The number of ether oxygens (including phenoxy) is 1. The van der Waals surface area contributed by atoms with Crippen molar-refractivity contribution in [3.8, 4) is 5.75 Å². The molecule has 0 saturated carbocycles. The van der Waals surface area contributed by atoms with Crippen molar-refractivity contribution in [3.63, 3.8) is 0 Å². The Morgan fingerprint density at radius 1 is 1.16 bits per heavy atom. The number of nitrogens with one attached hydrogen (secondary N) is 1. The molecule has 0 radical (unpaired) electrons. The molecule has 2 aromatic rings. The third-order valence-corrected chi connectivity index (χ3v) is 6.93. The number of benzene rings is 2. The molecule has 0 unspecified atom stereocenters. The van der Waals surface area contributed by atoms with E-state index in [1.165, 1.54) is 42.3 Å². The number of unbranched alkanes of at least 4 members (excludes halogenated alkanes) is 1. The molecule has 2 amide bonds. The van der Waals surface area contributed by atoms with Gasteiger partial charge in [-0.05, 0) is 36.6 Å². The molecular weight excluding hydrogens is 519 g/mol. The maximum Gasteiger partial charge on any atom is 0.271 e. The van der Waals surface area contributed by atoms with Crippen LogP contribution in [0, 0.1) is 15.9 Å². The normalized spacial score (nSPS) is 11.9. The van der Waals surface area contributed by atoms with Gasteiger partial charge in [-0.2, -0.15) is 0 Å². The topological polar surface area (TPSA) is 139 Å². The quantitative estimate of drug-likeness (QED) is 0.216. The number of halogens is 1. The summed E-state index contributed by atoms with van der Waals surface area (Å²) in [4.78, 5) is 38.6. The van der Waals surface area contributed by atoms with Crippen molar-refractivity contribution >= 4 is 33.2 Å². The first-order chi connectivity index (χ1) is 17.9.